The molecule has 1 aromatic rings. The predicted octanol–water partition coefficient (Wildman–Crippen LogP) is 1.78. The summed E-state index contributed by atoms with van der Waals surface area (Å²) in [6.45, 7) is 4.33. The van der Waals surface area contributed by atoms with Crippen LogP contribution in [0.3, 0.4) is 0 Å². The number of likely N-dealkylation sites (tertiary alicyclic amines) is 1. The van der Waals surface area contributed by atoms with Crippen molar-refractivity contribution in [2.45, 2.75) is 44.9 Å². The number of hydrogen-bond acceptors (Lipinski definition) is 5. The molecule has 35 heavy (non-hydrogen) atoms. The fraction of sp³-hybridized carbons (Fsp3) is 0.583. The first kappa shape index (κ1) is 25.0. The van der Waals surface area contributed by atoms with Gasteiger partial charge in [-0.25, -0.2) is 0 Å². The number of carbonyl (C=O) groups excluding carboxylic acids is 4. The van der Waals surface area contributed by atoms with Gasteiger partial charge in [-0.2, -0.15) is 13.2 Å². The number of rotatable bonds is 8. The van der Waals surface area contributed by atoms with Crippen LogP contribution in [0.25, 0.3) is 0 Å². The molecular weight excluding hydrogens is 467 g/mol. The van der Waals surface area contributed by atoms with E-state index < -0.39 is 42.2 Å². The molecule has 2 N–H and O–H groups in total. The molecule has 5 atom stereocenters. The van der Waals surface area contributed by atoms with E-state index in [9.17, 15) is 32.3 Å². The zero-order valence-corrected chi connectivity index (χ0v) is 19.4. The molecule has 4 rings (SSSR count). The maximum absolute atomic E-state index is 13.2. The second kappa shape index (κ2) is 9.16. The van der Waals surface area contributed by atoms with Gasteiger partial charge in [0, 0.05) is 19.0 Å². The molecule has 2 aliphatic heterocycles. The molecule has 1 aliphatic carbocycles. The second-order valence-corrected chi connectivity index (χ2v) is 10.0. The third kappa shape index (κ3) is 4.99. The van der Waals surface area contributed by atoms with Crippen LogP contribution in [-0.4, -0.2) is 60.7 Å². The van der Waals surface area contributed by atoms with Crippen LogP contribution in [-0.2, 0) is 25.4 Å². The Hall–Kier alpha value is -3.11. The van der Waals surface area contributed by atoms with Crippen molar-refractivity contribution >= 4 is 24.0 Å². The molecule has 2 heterocycles. The van der Waals surface area contributed by atoms with E-state index in [2.05, 4.69) is 10.6 Å². The highest BCUT2D eigenvalue weighted by Crippen LogP contribution is 2.64. The molecule has 3 aliphatic rings. The number of ether oxygens (including phenoxy) is 1. The summed E-state index contributed by atoms with van der Waals surface area (Å²) in [5, 5.41) is 5.38. The summed E-state index contributed by atoms with van der Waals surface area (Å²) in [4.78, 5) is 51.0. The van der Waals surface area contributed by atoms with Crippen molar-refractivity contribution in [3.05, 3.63) is 29.8 Å². The minimum absolute atomic E-state index is 0.0889. The zero-order valence-electron chi connectivity index (χ0n) is 19.4. The number of nitrogens with zero attached hydrogens (tertiary/aromatic N) is 1. The van der Waals surface area contributed by atoms with E-state index in [1.165, 1.54) is 17.0 Å². The van der Waals surface area contributed by atoms with E-state index in [0.29, 0.717) is 25.8 Å². The van der Waals surface area contributed by atoms with Gasteiger partial charge >= 0.3 is 6.18 Å². The number of nitrogens with one attached hydrogen (secondary N) is 2. The van der Waals surface area contributed by atoms with Crippen molar-refractivity contribution in [1.82, 2.24) is 15.5 Å². The summed E-state index contributed by atoms with van der Waals surface area (Å²) in [5.41, 5.74) is -1.05. The number of hydrogen-bond donors (Lipinski definition) is 2. The summed E-state index contributed by atoms with van der Waals surface area (Å²) in [6.07, 6.45) is -3.19. The highest BCUT2D eigenvalue weighted by atomic mass is 19.4. The smallest absolute Gasteiger partial charge is 0.416 e. The molecule has 0 radical (unpaired) electrons. The van der Waals surface area contributed by atoms with Gasteiger partial charge in [-0.3, -0.25) is 14.4 Å². The lowest BCUT2D eigenvalue weighted by Gasteiger charge is -2.31. The van der Waals surface area contributed by atoms with Crippen molar-refractivity contribution in [2.75, 3.05) is 19.7 Å². The van der Waals surface area contributed by atoms with Gasteiger partial charge in [0.2, 0.25) is 11.8 Å². The van der Waals surface area contributed by atoms with Gasteiger partial charge in [0.05, 0.1) is 11.6 Å². The van der Waals surface area contributed by atoms with Crippen LogP contribution >= 0.6 is 0 Å². The Balaban J connectivity index is 1.41. The predicted molar refractivity (Wildman–Crippen MR) is 117 cm³/mol. The highest BCUT2D eigenvalue weighted by Gasteiger charge is 2.69. The van der Waals surface area contributed by atoms with Crippen molar-refractivity contribution in [3.8, 4) is 5.75 Å². The van der Waals surface area contributed by atoms with E-state index in [1.807, 2.05) is 13.8 Å². The lowest BCUT2D eigenvalue weighted by atomic mass is 9.97. The maximum atomic E-state index is 13.2. The fourth-order valence-electron chi connectivity index (χ4n) is 5.43. The lowest BCUT2D eigenvalue weighted by molar-refractivity contribution is -0.142. The van der Waals surface area contributed by atoms with E-state index in [-0.39, 0.29) is 41.2 Å². The third-order valence-electron chi connectivity index (χ3n) is 7.51. The Bertz CT molecular complexity index is 1030. The first-order valence-corrected chi connectivity index (χ1v) is 11.6. The van der Waals surface area contributed by atoms with E-state index >= 15 is 0 Å². The number of amides is 3. The first-order valence-electron chi connectivity index (χ1n) is 11.6. The van der Waals surface area contributed by atoms with Gasteiger partial charge < -0.3 is 25.1 Å². The zero-order chi connectivity index (χ0) is 25.5. The van der Waals surface area contributed by atoms with Crippen molar-refractivity contribution in [2.24, 2.45) is 23.2 Å². The standard InChI is InChI=1S/C24H28F3N3O5/c1-23(2)17-10-30(18(32)12-35-16-5-3-4-14(9-16)24(25,26)27)20(19(17)23)22(34)29-15(11-31)8-13-6-7-28-21(13)33/h3-5,9,11,13,15,17,19-20H,6-8,10,12H2,1-2H3,(H,28,33)(H,29,34)/t13-,15-,17-,19-,20-/m0/s1. The Morgan fingerprint density at radius 2 is 2.09 bits per heavy atom. The Labute approximate surface area is 200 Å². The lowest BCUT2D eigenvalue weighted by Crippen LogP contribution is -2.53. The molecule has 3 amide bonds. The molecule has 1 aromatic carbocycles. The van der Waals surface area contributed by atoms with Crippen LogP contribution in [0, 0.1) is 23.2 Å². The minimum atomic E-state index is -4.54. The van der Waals surface area contributed by atoms with Crippen LogP contribution in [0.5, 0.6) is 5.75 Å². The van der Waals surface area contributed by atoms with E-state index in [0.717, 1.165) is 12.1 Å². The summed E-state index contributed by atoms with van der Waals surface area (Å²) < 4.78 is 44.1. The molecule has 0 bridgehead atoms. The monoisotopic (exact) mass is 495 g/mol. The summed E-state index contributed by atoms with van der Waals surface area (Å²) in [6, 6.07) is 2.55. The van der Waals surface area contributed by atoms with Gasteiger partial charge in [0.1, 0.15) is 18.1 Å². The number of halogens is 3. The van der Waals surface area contributed by atoms with Gasteiger partial charge in [-0.05, 0) is 48.3 Å². The van der Waals surface area contributed by atoms with Crippen LogP contribution in [0.4, 0.5) is 13.2 Å². The van der Waals surface area contributed by atoms with Crippen LogP contribution in [0.15, 0.2) is 24.3 Å². The average Bonchev–Trinajstić information content (AvgIpc) is 3.16. The molecule has 11 heteroatoms. The van der Waals surface area contributed by atoms with Gasteiger partial charge in [-0.15, -0.1) is 0 Å². The molecule has 190 valence electrons. The summed E-state index contributed by atoms with van der Waals surface area (Å²) in [7, 11) is 0. The number of benzene rings is 1. The Morgan fingerprint density at radius 1 is 1.34 bits per heavy atom. The number of aldehydes is 1. The van der Waals surface area contributed by atoms with Gasteiger partial charge in [-0.1, -0.05) is 19.9 Å². The van der Waals surface area contributed by atoms with Crippen molar-refractivity contribution in [3.63, 3.8) is 0 Å². The molecule has 2 saturated heterocycles. The van der Waals surface area contributed by atoms with Crippen molar-refractivity contribution in [1.29, 1.82) is 0 Å². The molecule has 8 nitrogen and oxygen atoms in total. The topological polar surface area (TPSA) is 105 Å². The normalized spacial score (nSPS) is 27.6. The van der Waals surface area contributed by atoms with Crippen LogP contribution in [0.1, 0.15) is 32.3 Å². The first-order chi connectivity index (χ1) is 16.4. The third-order valence-corrected chi connectivity index (χ3v) is 7.51. The summed E-state index contributed by atoms with van der Waals surface area (Å²) in [5.74, 6) is -1.64. The fourth-order valence-corrected chi connectivity index (χ4v) is 5.43. The van der Waals surface area contributed by atoms with Crippen molar-refractivity contribution < 1.29 is 37.1 Å². The minimum Gasteiger partial charge on any atom is -0.484 e. The second-order valence-electron chi connectivity index (χ2n) is 10.0. The SMILES string of the molecule is CC1(C)[C@@H]2[C@@H](C(=O)N[C@H](C=O)C[C@@H]3CCNC3=O)N(C(=O)COc3cccc(C(F)(F)F)c3)C[C@@H]21. The largest absolute Gasteiger partial charge is 0.484 e. The molecule has 1 saturated carbocycles. The van der Waals surface area contributed by atoms with Gasteiger partial charge in [0.15, 0.2) is 6.61 Å². The Morgan fingerprint density at radius 3 is 2.71 bits per heavy atom. The molecule has 3 fully saturated rings. The maximum Gasteiger partial charge on any atom is 0.416 e. The summed E-state index contributed by atoms with van der Waals surface area (Å²) >= 11 is 0. The van der Waals surface area contributed by atoms with E-state index in [1.54, 1.807) is 0 Å². The average molecular weight is 495 g/mol. The molecule has 0 unspecified atom stereocenters. The number of carbonyl (C=O) groups is 4. The molecule has 0 spiro atoms. The number of alkyl halides is 3. The highest BCUT2D eigenvalue weighted by molar-refractivity contribution is 5.91. The van der Waals surface area contributed by atoms with Gasteiger partial charge in [0.25, 0.3) is 5.91 Å². The number of piperidine rings is 1. The Kier molecular flexibility index (Phi) is 6.54. The van der Waals surface area contributed by atoms with Crippen LogP contribution < -0.4 is 15.4 Å². The molecule has 0 aromatic heterocycles. The quantitative estimate of drug-likeness (QED) is 0.535. The number of fused-ring (bicyclic) bond motifs is 1. The van der Waals surface area contributed by atoms with E-state index in [4.69, 9.17) is 4.74 Å². The van der Waals surface area contributed by atoms with Crippen LogP contribution in [0.2, 0.25) is 0 Å². The molecular formula is C24H28F3N3O5.